The first kappa shape index (κ1) is 14.4. The number of hydrogen-bond donors (Lipinski definition) is 0. The molecule has 0 fully saturated rings. The Labute approximate surface area is 138 Å². The fourth-order valence-electron chi connectivity index (χ4n) is 2.51. The minimum absolute atomic E-state index is 0.272. The van der Waals surface area contributed by atoms with Crippen molar-refractivity contribution in [3.05, 3.63) is 84.7 Å². The molecule has 0 amide bonds. The van der Waals surface area contributed by atoms with Gasteiger partial charge in [0.15, 0.2) is 0 Å². The molecule has 0 unspecified atom stereocenters. The van der Waals surface area contributed by atoms with Gasteiger partial charge in [0.1, 0.15) is 18.2 Å². The summed E-state index contributed by atoms with van der Waals surface area (Å²) in [6.45, 7) is 0.350. The van der Waals surface area contributed by atoms with Crippen LogP contribution in [0, 0.1) is 5.82 Å². The van der Waals surface area contributed by atoms with E-state index in [1.54, 1.807) is 28.8 Å². The van der Waals surface area contributed by atoms with Gasteiger partial charge in [-0.25, -0.2) is 14.4 Å². The smallest absolute Gasteiger partial charge is 0.234 e. The second kappa shape index (κ2) is 6.12. The molecule has 0 aliphatic rings. The normalized spacial score (nSPS) is 10.9. The van der Waals surface area contributed by atoms with Gasteiger partial charge in [0, 0.05) is 29.7 Å². The molecular formula is C19H14FN3O. The van der Waals surface area contributed by atoms with Gasteiger partial charge in [0.25, 0.3) is 0 Å². The molecule has 0 N–H and O–H groups in total. The molecule has 5 heteroatoms. The summed E-state index contributed by atoms with van der Waals surface area (Å²) in [5.41, 5.74) is 1.98. The minimum Gasteiger partial charge on any atom is -0.487 e. The number of fused-ring (bicyclic) bond motifs is 1. The zero-order chi connectivity index (χ0) is 16.4. The van der Waals surface area contributed by atoms with Crippen molar-refractivity contribution >= 4 is 5.78 Å². The highest BCUT2D eigenvalue weighted by molar-refractivity contribution is 5.63. The molecule has 0 aliphatic carbocycles. The quantitative estimate of drug-likeness (QED) is 0.568. The van der Waals surface area contributed by atoms with Gasteiger partial charge in [-0.1, -0.05) is 36.4 Å². The summed E-state index contributed by atoms with van der Waals surface area (Å²) in [6, 6.07) is 16.2. The van der Waals surface area contributed by atoms with Gasteiger partial charge in [-0.15, -0.1) is 0 Å². The highest BCUT2D eigenvalue weighted by Gasteiger charge is 2.08. The van der Waals surface area contributed by atoms with Gasteiger partial charge >= 0.3 is 0 Å². The SMILES string of the molecule is Fc1ccccc1-c1cnc2nc(COc3ccccc3)cn2c1. The average Bonchev–Trinajstić information content (AvgIpc) is 3.03. The van der Waals surface area contributed by atoms with Crippen LogP contribution in [0.1, 0.15) is 5.69 Å². The molecule has 0 spiro atoms. The van der Waals surface area contributed by atoms with Gasteiger partial charge in [0.2, 0.25) is 5.78 Å². The monoisotopic (exact) mass is 319 g/mol. The average molecular weight is 319 g/mol. The highest BCUT2D eigenvalue weighted by Crippen LogP contribution is 2.22. The number of benzene rings is 2. The van der Waals surface area contributed by atoms with Crippen LogP contribution < -0.4 is 4.74 Å². The van der Waals surface area contributed by atoms with Gasteiger partial charge in [-0.3, -0.25) is 4.40 Å². The standard InChI is InChI=1S/C19H14FN3O/c20-18-9-5-4-8-17(18)14-10-21-19-22-15(12-23(19)11-14)13-24-16-6-2-1-3-7-16/h1-12H,13H2. The van der Waals surface area contributed by atoms with Crippen LogP contribution in [0.3, 0.4) is 0 Å². The summed E-state index contributed by atoms with van der Waals surface area (Å²) in [5, 5.41) is 0. The van der Waals surface area contributed by atoms with Crippen molar-refractivity contribution in [2.75, 3.05) is 0 Å². The Morgan fingerprint density at radius 3 is 2.58 bits per heavy atom. The van der Waals surface area contributed by atoms with Crippen LogP contribution in [0.2, 0.25) is 0 Å². The van der Waals surface area contributed by atoms with E-state index in [1.165, 1.54) is 6.07 Å². The molecule has 0 atom stereocenters. The van der Waals surface area contributed by atoms with E-state index in [-0.39, 0.29) is 5.82 Å². The Balaban J connectivity index is 1.61. The van der Waals surface area contributed by atoms with Crippen molar-refractivity contribution in [3.63, 3.8) is 0 Å². The van der Waals surface area contributed by atoms with Crippen LogP contribution in [0.15, 0.2) is 73.2 Å². The molecule has 2 heterocycles. The summed E-state index contributed by atoms with van der Waals surface area (Å²) >= 11 is 0. The predicted molar refractivity (Wildman–Crippen MR) is 89.2 cm³/mol. The Hall–Kier alpha value is -3.21. The molecule has 2 aromatic carbocycles. The van der Waals surface area contributed by atoms with Crippen LogP contribution in [-0.4, -0.2) is 14.4 Å². The number of aromatic nitrogens is 3. The zero-order valence-corrected chi connectivity index (χ0v) is 12.8. The molecule has 0 radical (unpaired) electrons. The lowest BCUT2D eigenvalue weighted by molar-refractivity contribution is 0.302. The molecule has 24 heavy (non-hydrogen) atoms. The third-order valence-electron chi connectivity index (χ3n) is 3.67. The molecule has 0 saturated carbocycles. The lowest BCUT2D eigenvalue weighted by Gasteiger charge is -2.03. The van der Waals surface area contributed by atoms with Crippen LogP contribution in [0.5, 0.6) is 5.75 Å². The first-order chi connectivity index (χ1) is 11.8. The van der Waals surface area contributed by atoms with Crippen molar-refractivity contribution in [2.24, 2.45) is 0 Å². The maximum Gasteiger partial charge on any atom is 0.234 e. The molecule has 2 aromatic heterocycles. The number of rotatable bonds is 4. The van der Waals surface area contributed by atoms with Crippen molar-refractivity contribution in [1.29, 1.82) is 0 Å². The molecule has 4 aromatic rings. The summed E-state index contributed by atoms with van der Waals surface area (Å²) in [5.74, 6) is 1.07. The van der Waals surface area contributed by atoms with Crippen LogP contribution in [0.25, 0.3) is 16.9 Å². The number of para-hydroxylation sites is 1. The van der Waals surface area contributed by atoms with E-state index in [1.807, 2.05) is 42.7 Å². The van der Waals surface area contributed by atoms with Crippen molar-refractivity contribution in [1.82, 2.24) is 14.4 Å². The first-order valence-electron chi connectivity index (χ1n) is 7.56. The molecule has 0 aliphatic heterocycles. The second-order valence-electron chi connectivity index (χ2n) is 5.36. The van der Waals surface area contributed by atoms with Gasteiger partial charge < -0.3 is 4.74 Å². The highest BCUT2D eigenvalue weighted by atomic mass is 19.1. The van der Waals surface area contributed by atoms with E-state index in [2.05, 4.69) is 9.97 Å². The number of nitrogens with zero attached hydrogens (tertiary/aromatic N) is 3. The molecule has 118 valence electrons. The van der Waals surface area contributed by atoms with E-state index in [0.717, 1.165) is 11.4 Å². The summed E-state index contributed by atoms with van der Waals surface area (Å²) in [4.78, 5) is 8.72. The van der Waals surface area contributed by atoms with Crippen molar-refractivity contribution < 1.29 is 9.13 Å². The van der Waals surface area contributed by atoms with E-state index >= 15 is 0 Å². The Morgan fingerprint density at radius 2 is 1.75 bits per heavy atom. The topological polar surface area (TPSA) is 39.4 Å². The fraction of sp³-hybridized carbons (Fsp3) is 0.0526. The number of hydrogen-bond acceptors (Lipinski definition) is 3. The predicted octanol–water partition coefficient (Wildman–Crippen LogP) is 4.11. The molecule has 0 bridgehead atoms. The van der Waals surface area contributed by atoms with Gasteiger partial charge in [-0.05, 0) is 18.2 Å². The van der Waals surface area contributed by atoms with Crippen LogP contribution in [-0.2, 0) is 6.61 Å². The fourth-order valence-corrected chi connectivity index (χ4v) is 2.51. The maximum atomic E-state index is 13.9. The molecule has 0 saturated heterocycles. The number of halogens is 1. The lowest BCUT2D eigenvalue weighted by Crippen LogP contribution is -1.94. The third kappa shape index (κ3) is 2.84. The lowest BCUT2D eigenvalue weighted by atomic mass is 10.1. The molecule has 4 nitrogen and oxygen atoms in total. The Morgan fingerprint density at radius 1 is 0.958 bits per heavy atom. The zero-order valence-electron chi connectivity index (χ0n) is 12.8. The summed E-state index contributed by atoms with van der Waals surface area (Å²) in [7, 11) is 0. The van der Waals surface area contributed by atoms with Crippen molar-refractivity contribution in [3.8, 4) is 16.9 Å². The third-order valence-corrected chi connectivity index (χ3v) is 3.67. The first-order valence-corrected chi connectivity index (χ1v) is 7.56. The summed E-state index contributed by atoms with van der Waals surface area (Å²) in [6.07, 6.45) is 5.29. The molecular weight excluding hydrogens is 305 g/mol. The second-order valence-corrected chi connectivity index (χ2v) is 5.36. The van der Waals surface area contributed by atoms with E-state index in [0.29, 0.717) is 23.5 Å². The van der Waals surface area contributed by atoms with Crippen LogP contribution in [0.4, 0.5) is 4.39 Å². The van der Waals surface area contributed by atoms with Gasteiger partial charge in [-0.2, -0.15) is 0 Å². The van der Waals surface area contributed by atoms with Gasteiger partial charge in [0.05, 0.1) is 5.69 Å². The van der Waals surface area contributed by atoms with Crippen molar-refractivity contribution in [2.45, 2.75) is 6.61 Å². The van der Waals surface area contributed by atoms with E-state index < -0.39 is 0 Å². The maximum absolute atomic E-state index is 13.9. The van der Waals surface area contributed by atoms with E-state index in [4.69, 9.17) is 4.74 Å². The Kier molecular flexibility index (Phi) is 3.67. The van der Waals surface area contributed by atoms with E-state index in [9.17, 15) is 4.39 Å². The summed E-state index contributed by atoms with van der Waals surface area (Å²) < 4.78 is 21.4. The largest absolute Gasteiger partial charge is 0.487 e. The Bertz CT molecular complexity index is 982. The number of ether oxygens (including phenoxy) is 1. The number of imidazole rings is 1. The molecule has 4 rings (SSSR count). The minimum atomic E-state index is -0.272. The van der Waals surface area contributed by atoms with Crippen LogP contribution >= 0.6 is 0 Å².